The van der Waals surface area contributed by atoms with Crippen LogP contribution in [0.25, 0.3) is 0 Å². The first kappa shape index (κ1) is 15.0. The van der Waals surface area contributed by atoms with Crippen LogP contribution >= 0.6 is 0 Å². The Balaban J connectivity index is 2.45. The Morgan fingerprint density at radius 2 is 1.82 bits per heavy atom. The zero-order valence-electron chi connectivity index (χ0n) is 12.5. The lowest BCUT2D eigenvalue weighted by molar-refractivity contribution is 0.0223. The van der Waals surface area contributed by atoms with E-state index in [1.165, 1.54) is 13.0 Å². The van der Waals surface area contributed by atoms with Crippen molar-refractivity contribution in [3.05, 3.63) is 0 Å². The van der Waals surface area contributed by atoms with E-state index in [4.69, 9.17) is 0 Å². The molecule has 1 fully saturated rings. The molecule has 0 bridgehead atoms. The predicted molar refractivity (Wildman–Crippen MR) is 74.1 cm³/mol. The van der Waals surface area contributed by atoms with Crippen molar-refractivity contribution >= 4 is 0 Å². The first-order chi connectivity index (χ1) is 7.71. The number of hydrogen-bond acceptors (Lipinski definition) is 2. The van der Waals surface area contributed by atoms with Gasteiger partial charge >= 0.3 is 0 Å². The maximum Gasteiger partial charge on any atom is 0.0600 e. The summed E-state index contributed by atoms with van der Waals surface area (Å²) in [7, 11) is 0. The summed E-state index contributed by atoms with van der Waals surface area (Å²) in [6, 6.07) is 0.665. The number of rotatable bonds is 3. The lowest BCUT2D eigenvalue weighted by Crippen LogP contribution is -2.47. The van der Waals surface area contributed by atoms with Crippen LogP contribution < -0.4 is 0 Å². The van der Waals surface area contributed by atoms with Gasteiger partial charge in [0.15, 0.2) is 0 Å². The Labute approximate surface area is 107 Å². The van der Waals surface area contributed by atoms with Crippen molar-refractivity contribution in [2.24, 2.45) is 17.3 Å². The lowest BCUT2D eigenvalue weighted by atomic mass is 9.84. The van der Waals surface area contributed by atoms with Crippen molar-refractivity contribution in [2.45, 2.75) is 66.5 Å². The van der Waals surface area contributed by atoms with Crippen molar-refractivity contribution in [3.8, 4) is 0 Å². The van der Waals surface area contributed by atoms with Gasteiger partial charge in [0.05, 0.1) is 6.10 Å². The van der Waals surface area contributed by atoms with E-state index in [0.717, 1.165) is 24.8 Å². The van der Waals surface area contributed by atoms with Crippen LogP contribution in [0, 0.1) is 17.3 Å². The molecule has 4 unspecified atom stereocenters. The molecule has 0 aromatic heterocycles. The minimum absolute atomic E-state index is 0.0102. The van der Waals surface area contributed by atoms with Crippen LogP contribution in [0.4, 0.5) is 0 Å². The van der Waals surface area contributed by atoms with E-state index in [1.54, 1.807) is 0 Å². The topological polar surface area (TPSA) is 23.5 Å². The number of hydrogen-bond donors (Lipinski definition) is 1. The van der Waals surface area contributed by atoms with Crippen LogP contribution in [0.5, 0.6) is 0 Å². The second-order valence-corrected chi connectivity index (χ2v) is 7.22. The summed E-state index contributed by atoms with van der Waals surface area (Å²) in [5.41, 5.74) is 0.0102. The van der Waals surface area contributed by atoms with Gasteiger partial charge in [-0.05, 0) is 37.0 Å². The van der Waals surface area contributed by atoms with Gasteiger partial charge in [-0.3, -0.25) is 0 Å². The highest BCUT2D eigenvalue weighted by Gasteiger charge is 2.30. The molecule has 0 saturated carbocycles. The highest BCUT2D eigenvalue weighted by molar-refractivity contribution is 4.83. The summed E-state index contributed by atoms with van der Waals surface area (Å²) in [4.78, 5) is 2.56. The fourth-order valence-electron chi connectivity index (χ4n) is 2.85. The minimum Gasteiger partial charge on any atom is -0.393 e. The Morgan fingerprint density at radius 1 is 1.24 bits per heavy atom. The van der Waals surface area contributed by atoms with E-state index in [9.17, 15) is 5.11 Å². The molecule has 17 heavy (non-hydrogen) atoms. The quantitative estimate of drug-likeness (QED) is 0.820. The molecule has 0 amide bonds. The fraction of sp³-hybridized carbons (Fsp3) is 1.00. The van der Waals surface area contributed by atoms with Crippen molar-refractivity contribution in [2.75, 3.05) is 13.1 Å². The van der Waals surface area contributed by atoms with Gasteiger partial charge in [-0.1, -0.05) is 34.6 Å². The van der Waals surface area contributed by atoms with Crippen LogP contribution in [0.3, 0.4) is 0 Å². The molecule has 0 spiro atoms. The Morgan fingerprint density at radius 3 is 2.35 bits per heavy atom. The third-order valence-corrected chi connectivity index (χ3v) is 4.41. The Hall–Kier alpha value is -0.0800. The highest BCUT2D eigenvalue weighted by atomic mass is 16.3. The maximum absolute atomic E-state index is 10.1. The number of aliphatic hydroxyl groups excluding tert-OH is 1. The summed E-state index contributed by atoms with van der Waals surface area (Å²) in [6.45, 7) is 15.6. The zero-order chi connectivity index (χ0) is 13.2. The average Bonchev–Trinajstić information content (AvgIpc) is 2.19. The van der Waals surface area contributed by atoms with Crippen LogP contribution in [0.1, 0.15) is 54.4 Å². The molecule has 102 valence electrons. The van der Waals surface area contributed by atoms with Crippen LogP contribution in [0.15, 0.2) is 0 Å². The molecular weight excluding hydrogens is 210 g/mol. The summed E-state index contributed by atoms with van der Waals surface area (Å²) in [5.74, 6) is 1.58. The molecule has 1 aliphatic rings. The number of nitrogens with zero attached hydrogens (tertiary/aromatic N) is 1. The average molecular weight is 241 g/mol. The Bertz CT molecular complexity index is 234. The van der Waals surface area contributed by atoms with Crippen molar-refractivity contribution in [3.63, 3.8) is 0 Å². The third-order valence-electron chi connectivity index (χ3n) is 4.41. The molecule has 0 aliphatic carbocycles. The minimum atomic E-state index is -0.192. The SMILES string of the molecule is CC1CC(C)C(C)N(CCC(O)C(C)(C)C)C1. The van der Waals surface area contributed by atoms with Crippen LogP contribution in [-0.4, -0.2) is 35.2 Å². The monoisotopic (exact) mass is 241 g/mol. The largest absolute Gasteiger partial charge is 0.393 e. The first-order valence-corrected chi connectivity index (χ1v) is 7.14. The highest BCUT2D eigenvalue weighted by Crippen LogP contribution is 2.28. The van der Waals surface area contributed by atoms with Gasteiger partial charge in [0.2, 0.25) is 0 Å². The summed E-state index contributed by atoms with van der Waals surface area (Å²) in [5, 5.41) is 10.1. The summed E-state index contributed by atoms with van der Waals surface area (Å²) in [6.07, 6.45) is 2.05. The van der Waals surface area contributed by atoms with Crippen molar-refractivity contribution < 1.29 is 5.11 Å². The molecule has 1 aliphatic heterocycles. The van der Waals surface area contributed by atoms with Gasteiger partial charge in [0, 0.05) is 19.1 Å². The molecular formula is C15H31NO. The zero-order valence-corrected chi connectivity index (χ0v) is 12.5. The second kappa shape index (κ2) is 5.71. The van der Waals surface area contributed by atoms with Gasteiger partial charge in [0.1, 0.15) is 0 Å². The van der Waals surface area contributed by atoms with Crippen LogP contribution in [0.2, 0.25) is 0 Å². The number of likely N-dealkylation sites (tertiary alicyclic amines) is 1. The molecule has 0 aromatic rings. The van der Waals surface area contributed by atoms with Gasteiger partial charge in [-0.15, -0.1) is 0 Å². The van der Waals surface area contributed by atoms with E-state index in [1.807, 2.05) is 0 Å². The smallest absolute Gasteiger partial charge is 0.0600 e. The maximum atomic E-state index is 10.1. The van der Waals surface area contributed by atoms with E-state index >= 15 is 0 Å². The van der Waals surface area contributed by atoms with E-state index in [-0.39, 0.29) is 11.5 Å². The molecule has 0 radical (unpaired) electrons. The van der Waals surface area contributed by atoms with Gasteiger partial charge in [-0.2, -0.15) is 0 Å². The lowest BCUT2D eigenvalue weighted by Gasteiger charge is -2.42. The van der Waals surface area contributed by atoms with Crippen molar-refractivity contribution in [1.82, 2.24) is 4.90 Å². The fourth-order valence-corrected chi connectivity index (χ4v) is 2.85. The number of aliphatic hydroxyl groups is 1. The van der Waals surface area contributed by atoms with Crippen LogP contribution in [-0.2, 0) is 0 Å². The normalized spacial score (nSPS) is 33.7. The van der Waals surface area contributed by atoms with E-state index < -0.39 is 0 Å². The standard InChI is InChI=1S/C15H31NO/c1-11-9-12(2)13(3)16(10-11)8-7-14(17)15(4,5)6/h11-14,17H,7-10H2,1-6H3. The van der Waals surface area contributed by atoms with Gasteiger partial charge < -0.3 is 10.0 Å². The molecule has 2 heteroatoms. The molecule has 2 nitrogen and oxygen atoms in total. The summed E-state index contributed by atoms with van der Waals surface area (Å²) >= 11 is 0. The second-order valence-electron chi connectivity index (χ2n) is 7.22. The van der Waals surface area contributed by atoms with E-state index in [2.05, 4.69) is 46.4 Å². The summed E-state index contributed by atoms with van der Waals surface area (Å²) < 4.78 is 0. The van der Waals surface area contributed by atoms with Gasteiger partial charge in [-0.25, -0.2) is 0 Å². The van der Waals surface area contributed by atoms with E-state index in [0.29, 0.717) is 6.04 Å². The molecule has 1 heterocycles. The molecule has 1 saturated heterocycles. The predicted octanol–water partition coefficient (Wildman–Crippen LogP) is 3.15. The molecule has 1 rings (SSSR count). The molecule has 4 atom stereocenters. The Kier molecular flexibility index (Phi) is 5.03. The molecule has 0 aromatic carbocycles. The first-order valence-electron chi connectivity index (χ1n) is 7.14. The number of piperidine rings is 1. The third kappa shape index (κ3) is 4.26. The van der Waals surface area contributed by atoms with Crippen molar-refractivity contribution in [1.29, 1.82) is 0 Å². The van der Waals surface area contributed by atoms with Gasteiger partial charge in [0.25, 0.3) is 0 Å². The molecule has 1 N–H and O–H groups in total.